The Balaban J connectivity index is 2.20. The molecule has 0 aromatic heterocycles. The molecule has 1 atom stereocenters. The van der Waals surface area contributed by atoms with Crippen LogP contribution in [0.5, 0.6) is 0 Å². The Morgan fingerprint density at radius 3 is 2.75 bits per heavy atom. The van der Waals surface area contributed by atoms with Crippen molar-refractivity contribution in [1.29, 1.82) is 0 Å². The number of piperidine rings is 1. The average molecular weight is 297 g/mol. The lowest BCUT2D eigenvalue weighted by Crippen LogP contribution is -2.40. The normalized spacial score (nSPS) is 21.1. The summed E-state index contributed by atoms with van der Waals surface area (Å²) in [6.45, 7) is 0.447. The zero-order valence-electron chi connectivity index (χ0n) is 11.5. The van der Waals surface area contributed by atoms with Crippen molar-refractivity contribution in [2.75, 3.05) is 26.3 Å². The van der Waals surface area contributed by atoms with Gasteiger partial charge in [0.2, 0.25) is 0 Å². The van der Waals surface area contributed by atoms with Gasteiger partial charge >= 0.3 is 12.1 Å². The number of nitrogens with zero attached hydrogens (tertiary/aromatic N) is 1. The van der Waals surface area contributed by atoms with Crippen molar-refractivity contribution in [2.45, 2.75) is 50.7 Å². The number of likely N-dealkylation sites (tertiary alicyclic amines) is 1. The van der Waals surface area contributed by atoms with Gasteiger partial charge in [-0.2, -0.15) is 13.2 Å². The number of alkyl halides is 3. The quantitative estimate of drug-likeness (QED) is 0.700. The number of carboxylic acids is 1. The van der Waals surface area contributed by atoms with Crippen molar-refractivity contribution in [3.05, 3.63) is 0 Å². The molecule has 0 amide bonds. The molecule has 0 aliphatic carbocycles. The molecule has 118 valence electrons. The number of carbonyl (C=O) groups is 1. The molecule has 0 aromatic rings. The van der Waals surface area contributed by atoms with Gasteiger partial charge in [0.05, 0.1) is 0 Å². The minimum Gasteiger partial charge on any atom is -0.481 e. The van der Waals surface area contributed by atoms with E-state index in [0.717, 1.165) is 25.8 Å². The number of halogens is 3. The predicted octanol–water partition coefficient (Wildman–Crippen LogP) is 2.67. The highest BCUT2D eigenvalue weighted by Gasteiger charge is 2.27. The molecule has 1 heterocycles. The number of rotatable bonds is 8. The molecule has 1 N–H and O–H groups in total. The first-order valence-electron chi connectivity index (χ1n) is 6.99. The molecular weight excluding hydrogens is 275 g/mol. The van der Waals surface area contributed by atoms with Gasteiger partial charge in [-0.05, 0) is 32.2 Å². The van der Waals surface area contributed by atoms with E-state index in [9.17, 15) is 18.0 Å². The first-order valence-corrected chi connectivity index (χ1v) is 6.99. The van der Waals surface area contributed by atoms with Crippen molar-refractivity contribution in [1.82, 2.24) is 4.90 Å². The highest BCUT2D eigenvalue weighted by molar-refractivity contribution is 5.66. The molecule has 0 radical (unpaired) electrons. The van der Waals surface area contributed by atoms with Crippen LogP contribution in [-0.4, -0.2) is 54.5 Å². The number of aliphatic carboxylic acids is 1. The van der Waals surface area contributed by atoms with Gasteiger partial charge in [0.25, 0.3) is 0 Å². The third kappa shape index (κ3) is 7.69. The standard InChI is InChI=1S/C13H22F3NO3/c14-13(15,16)10-20-9-3-8-17-7-2-1-4-11(17)5-6-12(18)19/h11H,1-10H2,(H,18,19). The van der Waals surface area contributed by atoms with Crippen LogP contribution in [0.2, 0.25) is 0 Å². The summed E-state index contributed by atoms with van der Waals surface area (Å²) in [7, 11) is 0. The van der Waals surface area contributed by atoms with E-state index in [1.807, 2.05) is 0 Å². The van der Waals surface area contributed by atoms with Crippen LogP contribution in [0.25, 0.3) is 0 Å². The Kier molecular flexibility index (Phi) is 7.29. The van der Waals surface area contributed by atoms with E-state index in [4.69, 9.17) is 5.11 Å². The molecule has 1 unspecified atom stereocenters. The van der Waals surface area contributed by atoms with Gasteiger partial charge in [-0.25, -0.2) is 0 Å². The van der Waals surface area contributed by atoms with E-state index in [1.165, 1.54) is 0 Å². The van der Waals surface area contributed by atoms with Gasteiger partial charge in [0.1, 0.15) is 6.61 Å². The van der Waals surface area contributed by atoms with Crippen LogP contribution in [0.3, 0.4) is 0 Å². The van der Waals surface area contributed by atoms with E-state index in [2.05, 4.69) is 9.64 Å². The smallest absolute Gasteiger partial charge is 0.411 e. The van der Waals surface area contributed by atoms with Gasteiger partial charge < -0.3 is 14.7 Å². The van der Waals surface area contributed by atoms with Crippen LogP contribution in [0, 0.1) is 0 Å². The van der Waals surface area contributed by atoms with Crippen molar-refractivity contribution < 1.29 is 27.8 Å². The van der Waals surface area contributed by atoms with Gasteiger partial charge in [-0.15, -0.1) is 0 Å². The highest BCUT2D eigenvalue weighted by Crippen LogP contribution is 2.21. The molecule has 0 aromatic carbocycles. The molecule has 1 aliphatic heterocycles. The molecule has 1 rings (SSSR count). The minimum absolute atomic E-state index is 0.0850. The summed E-state index contributed by atoms with van der Waals surface area (Å²) < 4.78 is 40.2. The monoisotopic (exact) mass is 297 g/mol. The second-order valence-corrected chi connectivity index (χ2v) is 5.14. The van der Waals surface area contributed by atoms with Gasteiger partial charge in [-0.1, -0.05) is 6.42 Å². The maximum Gasteiger partial charge on any atom is 0.411 e. The highest BCUT2D eigenvalue weighted by atomic mass is 19.4. The molecule has 0 saturated carbocycles. The third-order valence-electron chi connectivity index (χ3n) is 3.44. The lowest BCUT2D eigenvalue weighted by molar-refractivity contribution is -0.174. The van der Waals surface area contributed by atoms with E-state index >= 15 is 0 Å². The molecule has 0 spiro atoms. The topological polar surface area (TPSA) is 49.8 Å². The summed E-state index contributed by atoms with van der Waals surface area (Å²) >= 11 is 0. The molecule has 1 fully saturated rings. The molecular formula is C13H22F3NO3. The molecule has 0 bridgehead atoms. The van der Waals surface area contributed by atoms with E-state index < -0.39 is 18.8 Å². The van der Waals surface area contributed by atoms with Crippen molar-refractivity contribution >= 4 is 5.97 Å². The largest absolute Gasteiger partial charge is 0.481 e. The second-order valence-electron chi connectivity index (χ2n) is 5.14. The Morgan fingerprint density at radius 2 is 2.10 bits per heavy atom. The predicted molar refractivity (Wildman–Crippen MR) is 67.6 cm³/mol. The summed E-state index contributed by atoms with van der Waals surface area (Å²) in [6, 6.07) is 0.238. The van der Waals surface area contributed by atoms with E-state index in [0.29, 0.717) is 19.4 Å². The van der Waals surface area contributed by atoms with Gasteiger partial charge in [0, 0.05) is 25.6 Å². The first kappa shape index (κ1) is 17.2. The minimum atomic E-state index is -4.27. The van der Waals surface area contributed by atoms with Crippen molar-refractivity contribution in [2.24, 2.45) is 0 Å². The second kappa shape index (κ2) is 8.46. The van der Waals surface area contributed by atoms with Crippen LogP contribution < -0.4 is 0 Å². The maximum atomic E-state index is 11.9. The number of hydrogen-bond acceptors (Lipinski definition) is 3. The van der Waals surface area contributed by atoms with Crippen LogP contribution in [-0.2, 0) is 9.53 Å². The van der Waals surface area contributed by atoms with Crippen LogP contribution in [0.1, 0.15) is 38.5 Å². The summed E-state index contributed by atoms with van der Waals surface area (Å²) in [4.78, 5) is 12.8. The zero-order valence-corrected chi connectivity index (χ0v) is 11.5. The number of hydrogen-bond donors (Lipinski definition) is 1. The Bertz CT molecular complexity index is 297. The summed E-state index contributed by atoms with van der Waals surface area (Å²) in [5.74, 6) is -0.802. The summed E-state index contributed by atoms with van der Waals surface area (Å²) in [5, 5.41) is 8.71. The fourth-order valence-corrected chi connectivity index (χ4v) is 2.53. The first-order chi connectivity index (χ1) is 9.38. The summed E-state index contributed by atoms with van der Waals surface area (Å²) in [6.07, 6.45) is 0.147. The number of ether oxygens (including phenoxy) is 1. The van der Waals surface area contributed by atoms with Gasteiger partial charge in [0.15, 0.2) is 0 Å². The fraction of sp³-hybridized carbons (Fsp3) is 0.923. The number of carboxylic acid groups (broad SMARTS) is 1. The van der Waals surface area contributed by atoms with Gasteiger partial charge in [-0.3, -0.25) is 4.79 Å². The third-order valence-corrected chi connectivity index (χ3v) is 3.44. The average Bonchev–Trinajstić information content (AvgIpc) is 2.35. The molecule has 1 saturated heterocycles. The molecule has 4 nitrogen and oxygen atoms in total. The molecule has 20 heavy (non-hydrogen) atoms. The zero-order chi connectivity index (χ0) is 15.0. The van der Waals surface area contributed by atoms with E-state index in [1.54, 1.807) is 0 Å². The van der Waals surface area contributed by atoms with Crippen LogP contribution >= 0.6 is 0 Å². The lowest BCUT2D eigenvalue weighted by Gasteiger charge is -2.35. The van der Waals surface area contributed by atoms with Crippen molar-refractivity contribution in [3.63, 3.8) is 0 Å². The molecule has 7 heteroatoms. The van der Waals surface area contributed by atoms with Crippen LogP contribution in [0.4, 0.5) is 13.2 Å². The van der Waals surface area contributed by atoms with E-state index in [-0.39, 0.29) is 19.1 Å². The molecule has 1 aliphatic rings. The van der Waals surface area contributed by atoms with Crippen molar-refractivity contribution in [3.8, 4) is 0 Å². The Morgan fingerprint density at radius 1 is 1.35 bits per heavy atom. The Hall–Kier alpha value is -0.820. The SMILES string of the molecule is O=C(O)CCC1CCCCN1CCCOCC(F)(F)F. The lowest BCUT2D eigenvalue weighted by atomic mass is 9.98. The Labute approximate surface area is 116 Å². The maximum absolute atomic E-state index is 11.9. The van der Waals surface area contributed by atoms with Crippen LogP contribution in [0.15, 0.2) is 0 Å². The fourth-order valence-electron chi connectivity index (χ4n) is 2.53. The summed E-state index contributed by atoms with van der Waals surface area (Å²) in [5.41, 5.74) is 0.